The molecule has 4 heteroatoms. The molecule has 0 saturated carbocycles. The molecule has 1 aromatic rings. The standard InChI is InChI=1S/C11H17N3O/c1-9-12-8-10(13-9)11(15)14-6-4-2-3-5-7-14/h8H,2-7H2,1H3,(H,12,13). The van der Waals surface area contributed by atoms with Gasteiger partial charge in [-0.1, -0.05) is 12.8 Å². The van der Waals surface area contributed by atoms with Crippen LogP contribution in [-0.4, -0.2) is 33.9 Å². The molecular weight excluding hydrogens is 190 g/mol. The molecule has 1 N–H and O–H groups in total. The Morgan fingerprint density at radius 2 is 2.00 bits per heavy atom. The van der Waals surface area contributed by atoms with Crippen LogP contribution in [0.1, 0.15) is 42.0 Å². The van der Waals surface area contributed by atoms with E-state index in [0.717, 1.165) is 31.8 Å². The van der Waals surface area contributed by atoms with Gasteiger partial charge in [-0.3, -0.25) is 4.79 Å². The van der Waals surface area contributed by atoms with Gasteiger partial charge in [0.2, 0.25) is 0 Å². The summed E-state index contributed by atoms with van der Waals surface area (Å²) >= 11 is 0. The van der Waals surface area contributed by atoms with Gasteiger partial charge in [0.05, 0.1) is 6.20 Å². The van der Waals surface area contributed by atoms with Crippen LogP contribution in [0, 0.1) is 6.92 Å². The van der Waals surface area contributed by atoms with Crippen molar-refractivity contribution in [2.24, 2.45) is 0 Å². The molecule has 15 heavy (non-hydrogen) atoms. The molecule has 0 bridgehead atoms. The fourth-order valence-corrected chi connectivity index (χ4v) is 1.97. The number of rotatable bonds is 1. The number of amides is 1. The Labute approximate surface area is 89.7 Å². The number of hydrogen-bond donors (Lipinski definition) is 1. The third kappa shape index (κ3) is 2.37. The molecule has 82 valence electrons. The van der Waals surface area contributed by atoms with E-state index in [1.807, 2.05) is 11.8 Å². The van der Waals surface area contributed by atoms with Crippen LogP contribution in [0.5, 0.6) is 0 Å². The first-order valence-corrected chi connectivity index (χ1v) is 5.58. The molecule has 0 spiro atoms. The maximum atomic E-state index is 12.0. The van der Waals surface area contributed by atoms with Crippen LogP contribution < -0.4 is 0 Å². The van der Waals surface area contributed by atoms with Crippen molar-refractivity contribution < 1.29 is 4.79 Å². The van der Waals surface area contributed by atoms with E-state index in [1.165, 1.54) is 12.8 Å². The van der Waals surface area contributed by atoms with Crippen molar-refractivity contribution in [1.82, 2.24) is 14.9 Å². The second kappa shape index (κ2) is 4.47. The van der Waals surface area contributed by atoms with Crippen LogP contribution in [0.25, 0.3) is 0 Å². The lowest BCUT2D eigenvalue weighted by molar-refractivity contribution is 0.0756. The van der Waals surface area contributed by atoms with Gasteiger partial charge < -0.3 is 9.88 Å². The van der Waals surface area contributed by atoms with Crippen molar-refractivity contribution in [2.75, 3.05) is 13.1 Å². The van der Waals surface area contributed by atoms with Crippen LogP contribution >= 0.6 is 0 Å². The molecule has 1 aliphatic rings. The quantitative estimate of drug-likeness (QED) is 0.762. The zero-order valence-corrected chi connectivity index (χ0v) is 9.12. The van der Waals surface area contributed by atoms with Gasteiger partial charge in [-0.25, -0.2) is 4.98 Å². The van der Waals surface area contributed by atoms with E-state index in [0.29, 0.717) is 5.69 Å². The summed E-state index contributed by atoms with van der Waals surface area (Å²) < 4.78 is 0. The third-order valence-corrected chi connectivity index (χ3v) is 2.83. The Kier molecular flexibility index (Phi) is 3.04. The molecule has 1 saturated heterocycles. The summed E-state index contributed by atoms with van der Waals surface area (Å²) in [4.78, 5) is 21.0. The van der Waals surface area contributed by atoms with E-state index < -0.39 is 0 Å². The van der Waals surface area contributed by atoms with Gasteiger partial charge >= 0.3 is 0 Å². The number of carbonyl (C=O) groups is 1. The smallest absolute Gasteiger partial charge is 0.271 e. The molecule has 0 aliphatic carbocycles. The summed E-state index contributed by atoms with van der Waals surface area (Å²) in [5, 5.41) is 0. The van der Waals surface area contributed by atoms with Gasteiger partial charge in [0, 0.05) is 13.1 Å². The molecule has 1 aliphatic heterocycles. The number of nitrogens with zero attached hydrogens (tertiary/aromatic N) is 2. The predicted octanol–water partition coefficient (Wildman–Crippen LogP) is 1.73. The van der Waals surface area contributed by atoms with E-state index in [9.17, 15) is 4.79 Å². The molecular formula is C11H17N3O. The maximum Gasteiger partial charge on any atom is 0.271 e. The molecule has 0 aromatic carbocycles. The minimum absolute atomic E-state index is 0.0949. The van der Waals surface area contributed by atoms with Crippen molar-refractivity contribution in [3.05, 3.63) is 17.7 Å². The third-order valence-electron chi connectivity index (χ3n) is 2.83. The lowest BCUT2D eigenvalue weighted by Crippen LogP contribution is -2.32. The van der Waals surface area contributed by atoms with Crippen LogP contribution in [0.2, 0.25) is 0 Å². The van der Waals surface area contributed by atoms with Crippen molar-refractivity contribution >= 4 is 5.91 Å². The molecule has 2 rings (SSSR count). The predicted molar refractivity (Wildman–Crippen MR) is 57.7 cm³/mol. The molecule has 0 radical (unpaired) electrons. The second-order valence-electron chi connectivity index (χ2n) is 4.09. The SMILES string of the molecule is Cc1ncc(C(=O)N2CCCCCC2)[nH]1. The van der Waals surface area contributed by atoms with Crippen molar-refractivity contribution in [3.63, 3.8) is 0 Å². The zero-order valence-electron chi connectivity index (χ0n) is 9.12. The molecule has 1 amide bonds. The van der Waals surface area contributed by atoms with Crippen molar-refractivity contribution in [3.8, 4) is 0 Å². The van der Waals surface area contributed by atoms with Gasteiger partial charge in [-0.15, -0.1) is 0 Å². The average molecular weight is 207 g/mol. The molecule has 0 unspecified atom stereocenters. The van der Waals surface area contributed by atoms with Gasteiger partial charge in [0.1, 0.15) is 11.5 Å². The Hall–Kier alpha value is -1.32. The number of imidazole rings is 1. The lowest BCUT2D eigenvalue weighted by Gasteiger charge is -2.18. The number of likely N-dealkylation sites (tertiary alicyclic amines) is 1. The van der Waals surface area contributed by atoms with E-state index in [1.54, 1.807) is 6.20 Å². The van der Waals surface area contributed by atoms with Gasteiger partial charge in [-0.2, -0.15) is 0 Å². The Morgan fingerprint density at radius 1 is 1.33 bits per heavy atom. The fourth-order valence-electron chi connectivity index (χ4n) is 1.97. The van der Waals surface area contributed by atoms with E-state index in [-0.39, 0.29) is 5.91 Å². The topological polar surface area (TPSA) is 49.0 Å². The minimum Gasteiger partial charge on any atom is -0.338 e. The number of aromatic amines is 1. The van der Waals surface area contributed by atoms with E-state index in [4.69, 9.17) is 0 Å². The van der Waals surface area contributed by atoms with E-state index in [2.05, 4.69) is 9.97 Å². The summed E-state index contributed by atoms with van der Waals surface area (Å²) in [7, 11) is 0. The second-order valence-corrected chi connectivity index (χ2v) is 4.09. The first kappa shape index (κ1) is 10.2. The molecule has 4 nitrogen and oxygen atoms in total. The monoisotopic (exact) mass is 207 g/mol. The average Bonchev–Trinajstić information content (AvgIpc) is 2.53. The number of aromatic nitrogens is 2. The van der Waals surface area contributed by atoms with Crippen LogP contribution in [0.15, 0.2) is 6.20 Å². The number of H-pyrrole nitrogens is 1. The Bertz CT molecular complexity index is 337. The highest BCUT2D eigenvalue weighted by molar-refractivity contribution is 5.92. The summed E-state index contributed by atoms with van der Waals surface area (Å²) in [5.74, 6) is 0.894. The molecule has 0 atom stereocenters. The maximum absolute atomic E-state index is 12.0. The Balaban J connectivity index is 2.06. The zero-order chi connectivity index (χ0) is 10.7. The van der Waals surface area contributed by atoms with Crippen molar-refractivity contribution in [1.29, 1.82) is 0 Å². The summed E-state index contributed by atoms with van der Waals surface area (Å²) in [6.07, 6.45) is 6.36. The first-order valence-electron chi connectivity index (χ1n) is 5.58. The largest absolute Gasteiger partial charge is 0.338 e. The molecule has 1 aromatic heterocycles. The lowest BCUT2D eigenvalue weighted by atomic mass is 10.2. The molecule has 1 fully saturated rings. The number of nitrogens with one attached hydrogen (secondary N) is 1. The molecule has 2 heterocycles. The van der Waals surface area contributed by atoms with Gasteiger partial charge in [0.25, 0.3) is 5.91 Å². The fraction of sp³-hybridized carbons (Fsp3) is 0.636. The summed E-state index contributed by atoms with van der Waals surface area (Å²) in [6.45, 7) is 3.63. The van der Waals surface area contributed by atoms with Crippen LogP contribution in [0.3, 0.4) is 0 Å². The summed E-state index contributed by atoms with van der Waals surface area (Å²) in [6, 6.07) is 0. The van der Waals surface area contributed by atoms with Crippen LogP contribution in [-0.2, 0) is 0 Å². The van der Waals surface area contributed by atoms with Crippen LogP contribution in [0.4, 0.5) is 0 Å². The first-order chi connectivity index (χ1) is 7.27. The highest BCUT2D eigenvalue weighted by atomic mass is 16.2. The normalized spacial score (nSPS) is 17.5. The van der Waals surface area contributed by atoms with Gasteiger partial charge in [0.15, 0.2) is 0 Å². The van der Waals surface area contributed by atoms with Gasteiger partial charge in [-0.05, 0) is 19.8 Å². The minimum atomic E-state index is 0.0949. The number of carbonyl (C=O) groups excluding carboxylic acids is 1. The van der Waals surface area contributed by atoms with Crippen molar-refractivity contribution in [2.45, 2.75) is 32.6 Å². The highest BCUT2D eigenvalue weighted by Crippen LogP contribution is 2.12. The summed E-state index contributed by atoms with van der Waals surface area (Å²) in [5.41, 5.74) is 0.620. The number of aryl methyl sites for hydroxylation is 1. The Morgan fingerprint density at radius 3 is 2.53 bits per heavy atom. The van der Waals surface area contributed by atoms with E-state index >= 15 is 0 Å². The number of hydrogen-bond acceptors (Lipinski definition) is 2. The highest BCUT2D eigenvalue weighted by Gasteiger charge is 2.18.